The van der Waals surface area contributed by atoms with Crippen molar-refractivity contribution in [1.82, 2.24) is 0 Å². The van der Waals surface area contributed by atoms with Crippen LogP contribution in [-0.2, 0) is 6.54 Å². The van der Waals surface area contributed by atoms with E-state index in [9.17, 15) is 13.9 Å². The first-order valence-electron chi connectivity index (χ1n) is 5.52. The summed E-state index contributed by atoms with van der Waals surface area (Å²) in [6.07, 6.45) is 0. The number of benzene rings is 2. The molecule has 0 atom stereocenters. The number of hydrogen-bond donors (Lipinski definition) is 2. The molecule has 0 saturated heterocycles. The van der Waals surface area contributed by atoms with Gasteiger partial charge in [0.05, 0.1) is 5.69 Å². The maximum absolute atomic E-state index is 13.3. The second-order valence-corrected chi connectivity index (χ2v) is 3.88. The average Bonchev–Trinajstić information content (AvgIpc) is 2.40. The fourth-order valence-electron chi connectivity index (χ4n) is 1.68. The van der Waals surface area contributed by atoms with Crippen LogP contribution in [0.15, 0.2) is 36.4 Å². The summed E-state index contributed by atoms with van der Waals surface area (Å²) in [5.74, 6) is -1.81. The van der Waals surface area contributed by atoms with Gasteiger partial charge < -0.3 is 10.4 Å². The Bertz CT molecular complexity index is 650. The van der Waals surface area contributed by atoms with Gasteiger partial charge in [-0.05, 0) is 18.2 Å². The summed E-state index contributed by atoms with van der Waals surface area (Å²) in [6, 6.07) is 10.1. The number of phenolic OH excluding ortho intramolecular Hbond substituents is 1. The molecule has 0 unspecified atom stereocenters. The fraction of sp³-hybridized carbons (Fsp3) is 0.0714. The van der Waals surface area contributed by atoms with E-state index in [1.165, 1.54) is 30.3 Å². The lowest BCUT2D eigenvalue weighted by atomic mass is 10.1. The van der Waals surface area contributed by atoms with Crippen LogP contribution in [0.3, 0.4) is 0 Å². The van der Waals surface area contributed by atoms with Crippen molar-refractivity contribution < 1.29 is 13.9 Å². The quantitative estimate of drug-likeness (QED) is 0.891. The number of aromatic hydroxyl groups is 1. The molecule has 2 aromatic carbocycles. The van der Waals surface area contributed by atoms with Gasteiger partial charge in [-0.25, -0.2) is 8.78 Å². The second kappa shape index (κ2) is 5.36. The molecule has 2 rings (SSSR count). The molecule has 96 valence electrons. The molecular weight excluding hydrogens is 250 g/mol. The SMILES string of the molecule is N#Cc1c(F)cccc1NCc1cccc(F)c1O. The van der Waals surface area contributed by atoms with Crippen molar-refractivity contribution in [2.75, 3.05) is 5.32 Å². The second-order valence-electron chi connectivity index (χ2n) is 3.88. The van der Waals surface area contributed by atoms with Crippen LogP contribution in [0.5, 0.6) is 5.75 Å². The van der Waals surface area contributed by atoms with E-state index in [1.807, 2.05) is 0 Å². The van der Waals surface area contributed by atoms with Crippen LogP contribution >= 0.6 is 0 Å². The Morgan fingerprint density at radius 1 is 1.11 bits per heavy atom. The van der Waals surface area contributed by atoms with Gasteiger partial charge in [0.2, 0.25) is 0 Å². The number of rotatable bonds is 3. The van der Waals surface area contributed by atoms with Gasteiger partial charge in [0, 0.05) is 12.1 Å². The monoisotopic (exact) mass is 260 g/mol. The number of nitrogens with one attached hydrogen (secondary N) is 1. The highest BCUT2D eigenvalue weighted by Crippen LogP contribution is 2.23. The molecule has 0 saturated carbocycles. The Balaban J connectivity index is 2.22. The zero-order valence-electron chi connectivity index (χ0n) is 9.82. The van der Waals surface area contributed by atoms with E-state index in [-0.39, 0.29) is 12.1 Å². The van der Waals surface area contributed by atoms with Gasteiger partial charge in [0.25, 0.3) is 0 Å². The molecule has 0 amide bonds. The summed E-state index contributed by atoms with van der Waals surface area (Å²) in [4.78, 5) is 0. The van der Waals surface area contributed by atoms with E-state index >= 15 is 0 Å². The van der Waals surface area contributed by atoms with Crippen molar-refractivity contribution in [3.8, 4) is 11.8 Å². The number of halogens is 2. The predicted molar refractivity (Wildman–Crippen MR) is 66.5 cm³/mol. The third-order valence-corrected chi connectivity index (χ3v) is 2.67. The molecule has 0 aliphatic carbocycles. The van der Waals surface area contributed by atoms with Crippen molar-refractivity contribution in [2.45, 2.75) is 6.54 Å². The Labute approximate surface area is 108 Å². The van der Waals surface area contributed by atoms with Gasteiger partial charge >= 0.3 is 0 Å². The number of anilines is 1. The van der Waals surface area contributed by atoms with Crippen molar-refractivity contribution >= 4 is 5.69 Å². The van der Waals surface area contributed by atoms with Gasteiger partial charge in [0.15, 0.2) is 11.6 Å². The predicted octanol–water partition coefficient (Wildman–Crippen LogP) is 3.15. The van der Waals surface area contributed by atoms with Crippen LogP contribution in [-0.4, -0.2) is 5.11 Å². The van der Waals surface area contributed by atoms with Gasteiger partial charge in [-0.15, -0.1) is 0 Å². The standard InChI is InChI=1S/C14H10F2N2O/c15-11-4-2-6-13(10(11)7-17)18-8-9-3-1-5-12(16)14(9)19/h1-6,18-19H,8H2. The molecule has 0 aliphatic rings. The Morgan fingerprint density at radius 3 is 2.53 bits per heavy atom. The number of phenols is 1. The minimum atomic E-state index is -0.723. The maximum Gasteiger partial charge on any atom is 0.165 e. The fourth-order valence-corrected chi connectivity index (χ4v) is 1.68. The smallest absolute Gasteiger partial charge is 0.165 e. The first kappa shape index (κ1) is 12.8. The summed E-state index contributed by atoms with van der Waals surface area (Å²) < 4.78 is 26.5. The normalized spacial score (nSPS) is 9.95. The number of para-hydroxylation sites is 1. The van der Waals surface area contributed by atoms with E-state index in [4.69, 9.17) is 5.26 Å². The number of nitrogens with zero attached hydrogens (tertiary/aromatic N) is 1. The summed E-state index contributed by atoms with van der Waals surface area (Å²) in [7, 11) is 0. The number of nitriles is 1. The van der Waals surface area contributed by atoms with Crippen LogP contribution in [0.25, 0.3) is 0 Å². The Morgan fingerprint density at radius 2 is 1.79 bits per heavy atom. The highest BCUT2D eigenvalue weighted by molar-refractivity contribution is 5.58. The zero-order valence-corrected chi connectivity index (χ0v) is 9.82. The van der Waals surface area contributed by atoms with E-state index in [1.54, 1.807) is 6.07 Å². The van der Waals surface area contributed by atoms with Crippen LogP contribution in [0.2, 0.25) is 0 Å². The van der Waals surface area contributed by atoms with Gasteiger partial charge in [-0.1, -0.05) is 18.2 Å². The summed E-state index contributed by atoms with van der Waals surface area (Å²) in [5.41, 5.74) is 0.512. The third-order valence-electron chi connectivity index (χ3n) is 2.67. The lowest BCUT2D eigenvalue weighted by Crippen LogP contribution is -2.03. The molecule has 2 aromatic rings. The van der Waals surface area contributed by atoms with Gasteiger partial charge in [-0.3, -0.25) is 0 Å². The molecule has 3 nitrogen and oxygen atoms in total. The highest BCUT2D eigenvalue weighted by atomic mass is 19.1. The zero-order chi connectivity index (χ0) is 13.8. The maximum atomic E-state index is 13.3. The van der Waals surface area contributed by atoms with E-state index < -0.39 is 17.4 Å². The van der Waals surface area contributed by atoms with Crippen molar-refractivity contribution in [2.24, 2.45) is 0 Å². The first-order valence-corrected chi connectivity index (χ1v) is 5.52. The van der Waals surface area contributed by atoms with Crippen molar-refractivity contribution in [3.63, 3.8) is 0 Å². The third kappa shape index (κ3) is 2.63. The lowest BCUT2D eigenvalue weighted by molar-refractivity contribution is 0.427. The molecule has 0 fully saturated rings. The van der Waals surface area contributed by atoms with E-state index in [2.05, 4.69) is 5.32 Å². The molecule has 5 heteroatoms. The van der Waals surface area contributed by atoms with Crippen LogP contribution in [0.4, 0.5) is 14.5 Å². The minimum Gasteiger partial charge on any atom is -0.505 e. The Hall–Kier alpha value is -2.61. The molecule has 0 spiro atoms. The summed E-state index contributed by atoms with van der Waals surface area (Å²) >= 11 is 0. The van der Waals surface area contributed by atoms with Gasteiger partial charge in [-0.2, -0.15) is 5.26 Å². The lowest BCUT2D eigenvalue weighted by Gasteiger charge is -2.10. The Kier molecular flexibility index (Phi) is 3.62. The topological polar surface area (TPSA) is 56.0 Å². The van der Waals surface area contributed by atoms with Crippen LogP contribution < -0.4 is 5.32 Å². The molecule has 19 heavy (non-hydrogen) atoms. The van der Waals surface area contributed by atoms with Crippen molar-refractivity contribution in [1.29, 1.82) is 5.26 Å². The molecule has 0 bridgehead atoms. The first-order chi connectivity index (χ1) is 9.13. The highest BCUT2D eigenvalue weighted by Gasteiger charge is 2.09. The van der Waals surface area contributed by atoms with Gasteiger partial charge in [0.1, 0.15) is 17.4 Å². The number of hydrogen-bond acceptors (Lipinski definition) is 3. The largest absolute Gasteiger partial charge is 0.505 e. The minimum absolute atomic E-state index is 0.0850. The van der Waals surface area contributed by atoms with Crippen molar-refractivity contribution in [3.05, 3.63) is 59.2 Å². The molecule has 0 heterocycles. The van der Waals surface area contributed by atoms with Crippen LogP contribution in [0, 0.1) is 23.0 Å². The van der Waals surface area contributed by atoms with E-state index in [0.717, 1.165) is 6.07 Å². The average molecular weight is 260 g/mol. The van der Waals surface area contributed by atoms with E-state index in [0.29, 0.717) is 11.3 Å². The summed E-state index contributed by atoms with van der Waals surface area (Å²) in [6.45, 7) is 0.0850. The molecule has 2 N–H and O–H groups in total. The molecule has 0 aliphatic heterocycles. The van der Waals surface area contributed by atoms with Crippen LogP contribution in [0.1, 0.15) is 11.1 Å². The molecular formula is C14H10F2N2O. The molecule has 0 aromatic heterocycles. The summed E-state index contributed by atoms with van der Waals surface area (Å²) in [5, 5.41) is 21.2. The molecule has 0 radical (unpaired) electrons.